The van der Waals surface area contributed by atoms with E-state index in [1.165, 1.54) is 0 Å². The van der Waals surface area contributed by atoms with Gasteiger partial charge in [0.25, 0.3) is 5.91 Å². The maximum Gasteiger partial charge on any atom is 0.255 e. The molecule has 0 aromatic heterocycles. The van der Waals surface area contributed by atoms with Gasteiger partial charge in [0.1, 0.15) is 12.4 Å². The molecule has 2 aromatic rings. The molecule has 0 bridgehead atoms. The molecule has 0 fully saturated rings. The molecular formula is C21H20N2O2. The molecule has 0 unspecified atom stereocenters. The average Bonchev–Trinajstić information content (AvgIpc) is 2.86. The number of hydrogen-bond acceptors (Lipinski definition) is 3. The SMILES string of the molecule is CC1=CCC=NC=C1NC(=O)c1ccc(OCc2ccccc2)cc1. The summed E-state index contributed by atoms with van der Waals surface area (Å²) in [6, 6.07) is 17.1. The smallest absolute Gasteiger partial charge is 0.255 e. The van der Waals surface area contributed by atoms with Crippen molar-refractivity contribution in [2.75, 3.05) is 0 Å². The normalized spacial score (nSPS) is 13.5. The number of amides is 1. The summed E-state index contributed by atoms with van der Waals surface area (Å²) in [5.41, 5.74) is 3.42. The summed E-state index contributed by atoms with van der Waals surface area (Å²) in [6.45, 7) is 2.46. The van der Waals surface area contributed by atoms with Crippen LogP contribution in [0.3, 0.4) is 0 Å². The number of ether oxygens (including phenoxy) is 1. The van der Waals surface area contributed by atoms with Gasteiger partial charge in [0.2, 0.25) is 0 Å². The predicted molar refractivity (Wildman–Crippen MR) is 99.6 cm³/mol. The maximum absolute atomic E-state index is 12.4. The molecule has 0 spiro atoms. The Hall–Kier alpha value is -3.14. The van der Waals surface area contributed by atoms with Crippen molar-refractivity contribution in [1.29, 1.82) is 0 Å². The van der Waals surface area contributed by atoms with E-state index >= 15 is 0 Å². The Labute approximate surface area is 147 Å². The van der Waals surface area contributed by atoms with Crippen LogP contribution in [-0.2, 0) is 6.61 Å². The molecule has 0 atom stereocenters. The number of carbonyl (C=O) groups excluding carboxylic acids is 1. The van der Waals surface area contributed by atoms with Gasteiger partial charge in [0.15, 0.2) is 0 Å². The Morgan fingerprint density at radius 3 is 2.64 bits per heavy atom. The molecule has 126 valence electrons. The van der Waals surface area contributed by atoms with Crippen LogP contribution in [0.5, 0.6) is 5.75 Å². The van der Waals surface area contributed by atoms with E-state index in [-0.39, 0.29) is 5.91 Å². The van der Waals surface area contributed by atoms with Gasteiger partial charge in [0, 0.05) is 18.2 Å². The largest absolute Gasteiger partial charge is 0.489 e. The summed E-state index contributed by atoms with van der Waals surface area (Å²) in [7, 11) is 0. The molecular weight excluding hydrogens is 312 g/mol. The summed E-state index contributed by atoms with van der Waals surface area (Å²) in [5.74, 6) is 0.570. The van der Waals surface area contributed by atoms with Crippen molar-refractivity contribution in [1.82, 2.24) is 5.32 Å². The van der Waals surface area contributed by atoms with Crippen molar-refractivity contribution in [3.8, 4) is 5.75 Å². The van der Waals surface area contributed by atoms with Crippen LogP contribution in [0, 0.1) is 0 Å². The monoisotopic (exact) mass is 332 g/mol. The van der Waals surface area contributed by atoms with E-state index in [1.807, 2.05) is 49.5 Å². The summed E-state index contributed by atoms with van der Waals surface area (Å²) < 4.78 is 5.74. The van der Waals surface area contributed by atoms with Gasteiger partial charge in [-0.25, -0.2) is 0 Å². The number of rotatable bonds is 5. The summed E-state index contributed by atoms with van der Waals surface area (Å²) in [6.07, 6.45) is 6.29. The van der Waals surface area contributed by atoms with Crippen molar-refractivity contribution in [3.05, 3.63) is 89.3 Å². The quantitative estimate of drug-likeness (QED) is 0.889. The topological polar surface area (TPSA) is 50.7 Å². The van der Waals surface area contributed by atoms with Crippen LogP contribution < -0.4 is 10.1 Å². The molecule has 1 amide bonds. The zero-order valence-electron chi connectivity index (χ0n) is 14.1. The lowest BCUT2D eigenvalue weighted by Crippen LogP contribution is -2.23. The highest BCUT2D eigenvalue weighted by Gasteiger charge is 2.10. The zero-order valence-corrected chi connectivity index (χ0v) is 14.1. The number of nitrogens with one attached hydrogen (secondary N) is 1. The number of hydrogen-bond donors (Lipinski definition) is 1. The van der Waals surface area contributed by atoms with Gasteiger partial charge in [-0.3, -0.25) is 9.79 Å². The molecule has 0 saturated carbocycles. The van der Waals surface area contributed by atoms with Crippen molar-refractivity contribution in [2.45, 2.75) is 20.0 Å². The van der Waals surface area contributed by atoms with Crippen LogP contribution in [0.4, 0.5) is 0 Å². The van der Waals surface area contributed by atoms with E-state index in [9.17, 15) is 4.79 Å². The van der Waals surface area contributed by atoms with E-state index < -0.39 is 0 Å². The third-order valence-electron chi connectivity index (χ3n) is 3.88. The number of allylic oxidation sites excluding steroid dienone is 2. The van der Waals surface area contributed by atoms with E-state index in [0.717, 1.165) is 29.0 Å². The first-order chi connectivity index (χ1) is 12.2. The zero-order chi connectivity index (χ0) is 17.5. The lowest BCUT2D eigenvalue weighted by molar-refractivity contribution is 0.0966. The number of carbonyl (C=O) groups is 1. The Balaban J connectivity index is 1.61. The van der Waals surface area contributed by atoms with Gasteiger partial charge < -0.3 is 10.1 Å². The lowest BCUT2D eigenvalue weighted by atomic mass is 10.1. The van der Waals surface area contributed by atoms with E-state index in [0.29, 0.717) is 12.2 Å². The standard InChI is InChI=1S/C21H20N2O2/c1-16-6-5-13-22-14-20(16)23-21(24)18-9-11-19(12-10-18)25-15-17-7-3-2-4-8-17/h2-4,6-14H,5,15H2,1H3,(H,23,24). The first kappa shape index (κ1) is 16.7. The molecule has 2 aromatic carbocycles. The number of benzene rings is 2. The van der Waals surface area contributed by atoms with E-state index in [1.54, 1.807) is 30.5 Å². The fourth-order valence-electron chi connectivity index (χ4n) is 2.40. The summed E-state index contributed by atoms with van der Waals surface area (Å²) in [4.78, 5) is 16.5. The van der Waals surface area contributed by atoms with E-state index in [2.05, 4.69) is 10.3 Å². The minimum Gasteiger partial charge on any atom is -0.489 e. The van der Waals surface area contributed by atoms with Gasteiger partial charge >= 0.3 is 0 Å². The molecule has 4 nitrogen and oxygen atoms in total. The van der Waals surface area contributed by atoms with Crippen molar-refractivity contribution in [3.63, 3.8) is 0 Å². The maximum atomic E-state index is 12.4. The summed E-state index contributed by atoms with van der Waals surface area (Å²) in [5, 5.41) is 2.90. The van der Waals surface area contributed by atoms with Crippen molar-refractivity contribution in [2.24, 2.45) is 4.99 Å². The van der Waals surface area contributed by atoms with Crippen LogP contribution in [0.1, 0.15) is 29.3 Å². The lowest BCUT2D eigenvalue weighted by Gasteiger charge is -2.10. The Morgan fingerprint density at radius 2 is 1.88 bits per heavy atom. The van der Waals surface area contributed by atoms with Crippen LogP contribution in [0.15, 0.2) is 83.1 Å². The molecule has 1 aliphatic heterocycles. The average molecular weight is 332 g/mol. The minimum atomic E-state index is -0.161. The molecule has 4 heteroatoms. The third kappa shape index (κ3) is 4.67. The van der Waals surface area contributed by atoms with Crippen LogP contribution in [-0.4, -0.2) is 12.1 Å². The van der Waals surface area contributed by atoms with Gasteiger partial charge in [-0.2, -0.15) is 0 Å². The number of aliphatic imine (C=N–C) groups is 1. The molecule has 3 rings (SSSR count). The van der Waals surface area contributed by atoms with Gasteiger partial charge in [-0.15, -0.1) is 0 Å². The molecule has 0 aliphatic carbocycles. The van der Waals surface area contributed by atoms with Crippen LogP contribution in [0.25, 0.3) is 0 Å². The third-order valence-corrected chi connectivity index (χ3v) is 3.88. The fraction of sp³-hybridized carbons (Fsp3) is 0.143. The summed E-state index contributed by atoms with van der Waals surface area (Å²) >= 11 is 0. The van der Waals surface area contributed by atoms with Crippen LogP contribution in [0.2, 0.25) is 0 Å². The van der Waals surface area contributed by atoms with Crippen molar-refractivity contribution < 1.29 is 9.53 Å². The van der Waals surface area contributed by atoms with Gasteiger partial charge in [-0.1, -0.05) is 36.4 Å². The van der Waals surface area contributed by atoms with Gasteiger partial charge in [0.05, 0.1) is 11.9 Å². The number of nitrogens with zero attached hydrogens (tertiary/aromatic N) is 1. The highest BCUT2D eigenvalue weighted by molar-refractivity contribution is 5.95. The fourth-order valence-corrected chi connectivity index (χ4v) is 2.40. The minimum absolute atomic E-state index is 0.161. The molecule has 1 heterocycles. The molecule has 25 heavy (non-hydrogen) atoms. The van der Waals surface area contributed by atoms with Crippen molar-refractivity contribution >= 4 is 12.1 Å². The first-order valence-corrected chi connectivity index (χ1v) is 8.19. The molecule has 0 radical (unpaired) electrons. The highest BCUT2D eigenvalue weighted by atomic mass is 16.5. The van der Waals surface area contributed by atoms with Crippen LogP contribution >= 0.6 is 0 Å². The predicted octanol–water partition coefficient (Wildman–Crippen LogP) is 4.26. The Bertz CT molecular complexity index is 819. The second-order valence-electron chi connectivity index (χ2n) is 5.75. The van der Waals surface area contributed by atoms with E-state index in [4.69, 9.17) is 4.74 Å². The first-order valence-electron chi connectivity index (χ1n) is 8.19. The molecule has 1 N–H and O–H groups in total. The Kier molecular flexibility index (Phi) is 5.42. The molecule has 1 aliphatic rings. The second-order valence-corrected chi connectivity index (χ2v) is 5.75. The Morgan fingerprint density at radius 1 is 1.12 bits per heavy atom. The molecule has 0 saturated heterocycles. The second kappa shape index (κ2) is 8.11. The highest BCUT2D eigenvalue weighted by Crippen LogP contribution is 2.16. The van der Waals surface area contributed by atoms with Gasteiger partial charge in [-0.05, 0) is 42.3 Å².